The lowest BCUT2D eigenvalue weighted by atomic mass is 10.1. The Bertz CT molecular complexity index is 384. The molecule has 6 heteroatoms. The van der Waals surface area contributed by atoms with Crippen molar-refractivity contribution in [3.8, 4) is 0 Å². The van der Waals surface area contributed by atoms with Crippen molar-refractivity contribution < 1.29 is 4.79 Å². The Kier molecular flexibility index (Phi) is 3.38. The highest BCUT2D eigenvalue weighted by Gasteiger charge is 2.18. The van der Waals surface area contributed by atoms with E-state index in [2.05, 4.69) is 10.4 Å². The van der Waals surface area contributed by atoms with Crippen molar-refractivity contribution in [3.05, 3.63) is 11.9 Å². The lowest BCUT2D eigenvalue weighted by Gasteiger charge is -2.08. The van der Waals surface area contributed by atoms with Crippen LogP contribution in [0.3, 0.4) is 0 Å². The maximum atomic E-state index is 11.8. The zero-order chi connectivity index (χ0) is 11.5. The number of hydrogen-bond donors (Lipinski definition) is 2. The number of rotatable bonds is 3. The summed E-state index contributed by atoms with van der Waals surface area (Å²) in [6, 6.07) is 0. The molecule has 3 N–H and O–H groups in total. The average Bonchev–Trinajstić information content (AvgIpc) is 2.84. The van der Waals surface area contributed by atoms with Gasteiger partial charge in [-0.1, -0.05) is 0 Å². The van der Waals surface area contributed by atoms with Crippen molar-refractivity contribution in [1.29, 1.82) is 0 Å². The van der Waals surface area contributed by atoms with Crippen LogP contribution in [0.5, 0.6) is 0 Å². The molecule has 0 aliphatic carbocycles. The standard InChI is InChI=1S/C10H16N4OS/c1-14-5-8(11)9(13-14)10(15)12-4-7-2-3-16-6-7/h5,7H,2-4,6,11H2,1H3,(H,12,15). The molecule has 0 saturated carbocycles. The van der Waals surface area contributed by atoms with Crippen LogP contribution in [0.25, 0.3) is 0 Å². The molecule has 16 heavy (non-hydrogen) atoms. The number of nitrogens with two attached hydrogens (primary N) is 1. The molecule has 1 atom stereocenters. The Morgan fingerprint density at radius 3 is 3.19 bits per heavy atom. The second kappa shape index (κ2) is 4.78. The number of nitrogens with one attached hydrogen (secondary N) is 1. The average molecular weight is 240 g/mol. The number of aromatic nitrogens is 2. The van der Waals surface area contributed by atoms with Gasteiger partial charge in [0.05, 0.1) is 5.69 Å². The van der Waals surface area contributed by atoms with E-state index in [1.54, 1.807) is 17.9 Å². The van der Waals surface area contributed by atoms with E-state index in [4.69, 9.17) is 5.73 Å². The first-order valence-electron chi connectivity index (χ1n) is 5.32. The fourth-order valence-corrected chi connectivity index (χ4v) is 3.03. The first kappa shape index (κ1) is 11.3. The van der Waals surface area contributed by atoms with Crippen LogP contribution in [0.15, 0.2) is 6.20 Å². The molecule has 0 radical (unpaired) electrons. The fourth-order valence-electron chi connectivity index (χ4n) is 1.75. The third-order valence-corrected chi connectivity index (χ3v) is 3.88. The molecule has 0 aromatic carbocycles. The minimum absolute atomic E-state index is 0.171. The molecule has 1 saturated heterocycles. The van der Waals surface area contributed by atoms with Crippen LogP contribution in [0, 0.1) is 5.92 Å². The van der Waals surface area contributed by atoms with Crippen LogP contribution in [0.4, 0.5) is 5.69 Å². The Balaban J connectivity index is 1.90. The van der Waals surface area contributed by atoms with Crippen molar-refractivity contribution in [3.63, 3.8) is 0 Å². The summed E-state index contributed by atoms with van der Waals surface area (Å²) in [6.07, 6.45) is 2.82. The number of carbonyl (C=O) groups excluding carboxylic acids is 1. The first-order chi connectivity index (χ1) is 7.66. The molecule has 1 unspecified atom stereocenters. The molecular formula is C10H16N4OS. The Morgan fingerprint density at radius 2 is 2.62 bits per heavy atom. The Labute approximate surface area is 98.8 Å². The molecule has 1 aliphatic rings. The molecule has 1 aliphatic heterocycles. The van der Waals surface area contributed by atoms with Gasteiger partial charge in [0.2, 0.25) is 0 Å². The Hall–Kier alpha value is -1.17. The van der Waals surface area contributed by atoms with E-state index in [0.29, 0.717) is 17.3 Å². The number of anilines is 1. The summed E-state index contributed by atoms with van der Waals surface area (Å²) in [6.45, 7) is 0.724. The number of carbonyl (C=O) groups is 1. The van der Waals surface area contributed by atoms with Crippen LogP contribution < -0.4 is 11.1 Å². The van der Waals surface area contributed by atoms with Gasteiger partial charge in [0.15, 0.2) is 5.69 Å². The van der Waals surface area contributed by atoms with Gasteiger partial charge in [0, 0.05) is 19.8 Å². The van der Waals surface area contributed by atoms with Crippen LogP contribution in [0.1, 0.15) is 16.9 Å². The van der Waals surface area contributed by atoms with Crippen molar-refractivity contribution in [2.75, 3.05) is 23.8 Å². The number of aryl methyl sites for hydroxylation is 1. The van der Waals surface area contributed by atoms with Gasteiger partial charge in [-0.25, -0.2) is 0 Å². The summed E-state index contributed by atoms with van der Waals surface area (Å²) in [5.74, 6) is 2.76. The summed E-state index contributed by atoms with van der Waals surface area (Å²) in [7, 11) is 1.75. The second-order valence-corrected chi connectivity index (χ2v) is 5.20. The van der Waals surface area contributed by atoms with Crippen LogP contribution in [0.2, 0.25) is 0 Å². The fraction of sp³-hybridized carbons (Fsp3) is 0.600. The highest BCUT2D eigenvalue weighted by atomic mass is 32.2. The third-order valence-electron chi connectivity index (χ3n) is 2.65. The SMILES string of the molecule is Cn1cc(N)c(C(=O)NCC2CCSC2)n1. The van der Waals surface area contributed by atoms with E-state index in [9.17, 15) is 4.79 Å². The van der Waals surface area contributed by atoms with Crippen molar-refractivity contribution in [2.24, 2.45) is 13.0 Å². The van der Waals surface area contributed by atoms with Gasteiger partial charge in [-0.3, -0.25) is 9.48 Å². The molecule has 5 nitrogen and oxygen atoms in total. The number of nitrogen functional groups attached to an aromatic ring is 1. The predicted octanol–water partition coefficient (Wildman–Crippen LogP) is 0.485. The van der Waals surface area contributed by atoms with E-state index in [1.165, 1.54) is 12.2 Å². The van der Waals surface area contributed by atoms with Crippen LogP contribution in [-0.4, -0.2) is 33.7 Å². The maximum Gasteiger partial charge on any atom is 0.273 e. The summed E-state index contributed by atoms with van der Waals surface area (Å²) < 4.78 is 1.55. The highest BCUT2D eigenvalue weighted by molar-refractivity contribution is 7.99. The molecule has 1 aromatic heterocycles. The van der Waals surface area contributed by atoms with E-state index in [-0.39, 0.29) is 5.91 Å². The van der Waals surface area contributed by atoms with Gasteiger partial charge in [-0.05, 0) is 23.8 Å². The predicted molar refractivity (Wildman–Crippen MR) is 65.4 cm³/mol. The summed E-state index contributed by atoms with van der Waals surface area (Å²) in [4.78, 5) is 11.8. The number of nitrogens with zero attached hydrogens (tertiary/aromatic N) is 2. The van der Waals surface area contributed by atoms with Gasteiger partial charge in [0.1, 0.15) is 0 Å². The van der Waals surface area contributed by atoms with E-state index in [0.717, 1.165) is 12.3 Å². The summed E-state index contributed by atoms with van der Waals surface area (Å²) >= 11 is 1.94. The van der Waals surface area contributed by atoms with Crippen LogP contribution in [-0.2, 0) is 7.05 Å². The lowest BCUT2D eigenvalue weighted by molar-refractivity contribution is 0.0943. The smallest absolute Gasteiger partial charge is 0.273 e. The highest BCUT2D eigenvalue weighted by Crippen LogP contribution is 2.22. The molecule has 1 aromatic rings. The van der Waals surface area contributed by atoms with Crippen molar-refractivity contribution >= 4 is 23.4 Å². The monoisotopic (exact) mass is 240 g/mol. The van der Waals surface area contributed by atoms with Gasteiger partial charge in [-0.15, -0.1) is 0 Å². The Morgan fingerprint density at radius 1 is 1.81 bits per heavy atom. The third kappa shape index (κ3) is 2.49. The quantitative estimate of drug-likeness (QED) is 0.806. The van der Waals surface area contributed by atoms with Gasteiger partial charge in [0.25, 0.3) is 5.91 Å². The molecule has 0 bridgehead atoms. The number of hydrogen-bond acceptors (Lipinski definition) is 4. The van der Waals surface area contributed by atoms with E-state index < -0.39 is 0 Å². The molecular weight excluding hydrogens is 224 g/mol. The minimum atomic E-state index is -0.171. The van der Waals surface area contributed by atoms with E-state index >= 15 is 0 Å². The molecule has 88 valence electrons. The molecule has 2 rings (SSSR count). The zero-order valence-corrected chi connectivity index (χ0v) is 10.1. The number of amides is 1. The van der Waals surface area contributed by atoms with Crippen molar-refractivity contribution in [2.45, 2.75) is 6.42 Å². The largest absolute Gasteiger partial charge is 0.396 e. The maximum absolute atomic E-state index is 11.8. The molecule has 2 heterocycles. The number of thioether (sulfide) groups is 1. The molecule has 1 amide bonds. The van der Waals surface area contributed by atoms with Gasteiger partial charge >= 0.3 is 0 Å². The normalized spacial score (nSPS) is 19.9. The first-order valence-corrected chi connectivity index (χ1v) is 6.47. The minimum Gasteiger partial charge on any atom is -0.396 e. The van der Waals surface area contributed by atoms with Crippen LogP contribution >= 0.6 is 11.8 Å². The topological polar surface area (TPSA) is 72.9 Å². The summed E-state index contributed by atoms with van der Waals surface area (Å²) in [5.41, 5.74) is 6.44. The second-order valence-electron chi connectivity index (χ2n) is 4.05. The molecule has 1 fully saturated rings. The lowest BCUT2D eigenvalue weighted by Crippen LogP contribution is -2.30. The van der Waals surface area contributed by atoms with Gasteiger partial charge in [-0.2, -0.15) is 16.9 Å². The molecule has 0 spiro atoms. The summed E-state index contributed by atoms with van der Waals surface area (Å²) in [5, 5.41) is 6.92. The zero-order valence-electron chi connectivity index (χ0n) is 9.27. The van der Waals surface area contributed by atoms with E-state index in [1.807, 2.05) is 11.8 Å². The van der Waals surface area contributed by atoms with Gasteiger partial charge < -0.3 is 11.1 Å². The van der Waals surface area contributed by atoms with Crippen molar-refractivity contribution in [1.82, 2.24) is 15.1 Å².